The van der Waals surface area contributed by atoms with Gasteiger partial charge in [0.15, 0.2) is 0 Å². The molecule has 5 nitrogen and oxygen atoms in total. The van der Waals surface area contributed by atoms with Crippen LogP contribution in [-0.4, -0.2) is 22.9 Å². The largest absolute Gasteiger partial charge is 0.330 e. The number of H-pyrrole nitrogens is 1. The van der Waals surface area contributed by atoms with Gasteiger partial charge < -0.3 is 10.7 Å². The first kappa shape index (κ1) is 7.74. The maximum atomic E-state index is 9.95. The minimum absolute atomic E-state index is 0.462. The summed E-state index contributed by atoms with van der Waals surface area (Å²) in [4.78, 5) is 16.7. The van der Waals surface area contributed by atoms with Gasteiger partial charge in [-0.2, -0.15) is 0 Å². The lowest BCUT2D eigenvalue weighted by Crippen LogP contribution is -2.03. The maximum Gasteiger partial charge on any atom is 0.213 e. The number of nitrogens with zero attached hydrogens (tertiary/aromatic N) is 1. The second-order valence-corrected chi connectivity index (χ2v) is 2.06. The molecule has 0 atom stereocenters. The molecule has 4 N–H and O–H groups in total. The van der Waals surface area contributed by atoms with Gasteiger partial charge in [0.25, 0.3) is 0 Å². The van der Waals surface area contributed by atoms with Gasteiger partial charge in [-0.15, -0.1) is 0 Å². The minimum Gasteiger partial charge on any atom is -0.330 e. The summed E-state index contributed by atoms with van der Waals surface area (Å²) in [5.41, 5.74) is 6.23. The third-order valence-corrected chi connectivity index (χ3v) is 1.24. The Hall–Kier alpha value is -1.36. The Bertz CT molecular complexity index is 232. The van der Waals surface area contributed by atoms with Gasteiger partial charge in [-0.05, 0) is 6.54 Å². The summed E-state index contributed by atoms with van der Waals surface area (Å²) in [7, 11) is 0. The minimum atomic E-state index is 0.462. The van der Waals surface area contributed by atoms with Gasteiger partial charge in [-0.3, -0.25) is 10.1 Å². The van der Waals surface area contributed by atoms with Crippen molar-refractivity contribution in [2.75, 3.05) is 11.9 Å². The number of carbonyl (C=O) groups is 1. The Morgan fingerprint density at radius 3 is 3.27 bits per heavy atom. The topological polar surface area (TPSA) is 83.8 Å². The van der Waals surface area contributed by atoms with E-state index in [1.807, 2.05) is 0 Å². The van der Waals surface area contributed by atoms with E-state index < -0.39 is 0 Å². The molecule has 0 spiro atoms. The van der Waals surface area contributed by atoms with Gasteiger partial charge >= 0.3 is 0 Å². The summed E-state index contributed by atoms with van der Waals surface area (Å²) in [6.07, 6.45) is 2.97. The maximum absolute atomic E-state index is 9.95. The van der Waals surface area contributed by atoms with E-state index in [9.17, 15) is 4.79 Å². The van der Waals surface area contributed by atoms with Crippen molar-refractivity contribution in [3.8, 4) is 0 Å². The van der Waals surface area contributed by atoms with Crippen LogP contribution in [0.25, 0.3) is 0 Å². The molecule has 1 amide bonds. The summed E-state index contributed by atoms with van der Waals surface area (Å²) in [5, 5.41) is 2.40. The van der Waals surface area contributed by atoms with Crippen LogP contribution in [0.3, 0.4) is 0 Å². The molecule has 0 aliphatic heterocycles. The number of anilines is 1. The second kappa shape index (κ2) is 3.72. The van der Waals surface area contributed by atoms with Crippen molar-refractivity contribution in [2.45, 2.75) is 6.42 Å². The average molecular weight is 154 g/mol. The Morgan fingerprint density at radius 1 is 1.82 bits per heavy atom. The summed E-state index contributed by atoms with van der Waals surface area (Å²) in [6, 6.07) is 0. The second-order valence-electron chi connectivity index (χ2n) is 2.06. The lowest BCUT2D eigenvalue weighted by Gasteiger charge is -1.90. The van der Waals surface area contributed by atoms with Crippen LogP contribution >= 0.6 is 0 Å². The predicted molar refractivity (Wildman–Crippen MR) is 41.0 cm³/mol. The first-order valence-corrected chi connectivity index (χ1v) is 3.31. The number of nitrogens with two attached hydrogens (primary N) is 1. The van der Waals surface area contributed by atoms with E-state index in [1.165, 1.54) is 0 Å². The zero-order valence-electron chi connectivity index (χ0n) is 6.00. The number of hydrogen-bond donors (Lipinski definition) is 3. The number of carbonyl (C=O) groups excluding carboxylic acids is 1. The van der Waals surface area contributed by atoms with Crippen molar-refractivity contribution in [3.05, 3.63) is 11.9 Å². The van der Waals surface area contributed by atoms with Crippen LogP contribution < -0.4 is 11.1 Å². The van der Waals surface area contributed by atoms with Crippen LogP contribution in [0.5, 0.6) is 0 Å². The smallest absolute Gasteiger partial charge is 0.213 e. The fourth-order valence-electron chi connectivity index (χ4n) is 0.771. The van der Waals surface area contributed by atoms with Gasteiger partial charge in [0.2, 0.25) is 12.4 Å². The fraction of sp³-hybridized carbons (Fsp3) is 0.333. The first-order chi connectivity index (χ1) is 5.36. The van der Waals surface area contributed by atoms with E-state index >= 15 is 0 Å². The van der Waals surface area contributed by atoms with Crippen molar-refractivity contribution in [3.63, 3.8) is 0 Å². The molecule has 0 aliphatic rings. The predicted octanol–water partition coefficient (Wildman–Crippen LogP) is -0.521. The molecule has 0 saturated carbocycles. The molecule has 0 aliphatic carbocycles. The van der Waals surface area contributed by atoms with Gasteiger partial charge in [-0.25, -0.2) is 4.98 Å². The molecule has 5 heteroatoms. The number of rotatable bonds is 4. The summed E-state index contributed by atoms with van der Waals surface area (Å²) < 4.78 is 0. The van der Waals surface area contributed by atoms with Crippen LogP contribution in [0, 0.1) is 0 Å². The molecule has 1 heterocycles. The molecule has 0 saturated heterocycles. The number of aromatic amines is 1. The van der Waals surface area contributed by atoms with Crippen molar-refractivity contribution in [1.82, 2.24) is 9.97 Å². The monoisotopic (exact) mass is 154 g/mol. The zero-order valence-corrected chi connectivity index (χ0v) is 6.00. The van der Waals surface area contributed by atoms with Gasteiger partial charge in [-0.1, -0.05) is 0 Å². The fourth-order valence-corrected chi connectivity index (χ4v) is 0.771. The van der Waals surface area contributed by atoms with E-state index in [1.54, 1.807) is 6.20 Å². The number of aromatic nitrogens is 2. The molecule has 60 valence electrons. The van der Waals surface area contributed by atoms with Gasteiger partial charge in [0.05, 0.1) is 6.20 Å². The first-order valence-electron chi connectivity index (χ1n) is 3.31. The van der Waals surface area contributed by atoms with E-state index in [0.717, 1.165) is 12.1 Å². The number of amides is 1. The molecule has 11 heavy (non-hydrogen) atoms. The highest BCUT2D eigenvalue weighted by Crippen LogP contribution is 2.00. The molecule has 0 fully saturated rings. The highest BCUT2D eigenvalue weighted by atomic mass is 16.1. The van der Waals surface area contributed by atoms with Crippen molar-refractivity contribution in [1.29, 1.82) is 0 Å². The molecule has 1 rings (SSSR count). The van der Waals surface area contributed by atoms with E-state index in [4.69, 9.17) is 5.73 Å². The zero-order chi connectivity index (χ0) is 8.10. The third-order valence-electron chi connectivity index (χ3n) is 1.24. The Kier molecular flexibility index (Phi) is 2.62. The molecule has 1 aromatic rings. The Balaban J connectivity index is 2.57. The molecular formula is C6H10N4O. The SMILES string of the molecule is NCCc1cnc(NC=O)[nH]1. The lowest BCUT2D eigenvalue weighted by molar-refractivity contribution is -0.105. The van der Waals surface area contributed by atoms with Gasteiger partial charge in [0, 0.05) is 12.1 Å². The van der Waals surface area contributed by atoms with Crippen LogP contribution in [0.2, 0.25) is 0 Å². The summed E-state index contributed by atoms with van der Waals surface area (Å²) in [6.45, 7) is 0.572. The molecule has 0 unspecified atom stereocenters. The Labute approximate surface area is 64.0 Å². The van der Waals surface area contributed by atoms with E-state index in [2.05, 4.69) is 15.3 Å². The quantitative estimate of drug-likeness (QED) is 0.510. The number of imidazole rings is 1. The average Bonchev–Trinajstić information content (AvgIpc) is 2.38. The van der Waals surface area contributed by atoms with Crippen molar-refractivity contribution >= 4 is 12.4 Å². The molecule has 0 bridgehead atoms. The standard InChI is InChI=1S/C6H10N4O/c7-2-1-5-3-8-6(10-5)9-4-11/h3-4H,1-2,7H2,(H2,8,9,10,11). The Morgan fingerprint density at radius 2 is 2.64 bits per heavy atom. The highest BCUT2D eigenvalue weighted by molar-refractivity contribution is 5.66. The summed E-state index contributed by atoms with van der Waals surface area (Å²) >= 11 is 0. The number of hydrogen-bond acceptors (Lipinski definition) is 3. The van der Waals surface area contributed by atoms with Crippen LogP contribution in [0.1, 0.15) is 5.69 Å². The highest BCUT2D eigenvalue weighted by Gasteiger charge is 1.96. The normalized spacial score (nSPS) is 9.55. The number of nitrogens with one attached hydrogen (secondary N) is 2. The third kappa shape index (κ3) is 2.05. The van der Waals surface area contributed by atoms with Gasteiger partial charge in [0.1, 0.15) is 0 Å². The molecule has 0 radical (unpaired) electrons. The van der Waals surface area contributed by atoms with Crippen LogP contribution in [0.4, 0.5) is 5.95 Å². The molecular weight excluding hydrogens is 144 g/mol. The van der Waals surface area contributed by atoms with Crippen molar-refractivity contribution < 1.29 is 4.79 Å². The van der Waals surface area contributed by atoms with Crippen LogP contribution in [0.15, 0.2) is 6.20 Å². The molecule has 1 aromatic heterocycles. The lowest BCUT2D eigenvalue weighted by atomic mass is 10.3. The van der Waals surface area contributed by atoms with Crippen LogP contribution in [-0.2, 0) is 11.2 Å². The summed E-state index contributed by atoms with van der Waals surface area (Å²) in [5.74, 6) is 0.462. The molecule has 0 aromatic carbocycles. The van der Waals surface area contributed by atoms with Crippen molar-refractivity contribution in [2.24, 2.45) is 5.73 Å². The van der Waals surface area contributed by atoms with E-state index in [0.29, 0.717) is 18.9 Å². The van der Waals surface area contributed by atoms with E-state index in [-0.39, 0.29) is 0 Å².